The van der Waals surface area contributed by atoms with E-state index in [0.717, 1.165) is 15.9 Å². The first-order chi connectivity index (χ1) is 15.5. The van der Waals surface area contributed by atoms with E-state index in [-0.39, 0.29) is 10.6 Å². The Hall–Kier alpha value is -3.01. The minimum atomic E-state index is -3.35. The standard InChI is InChI=1S/C26H23BrNO3P/c1-31-22-17-18-26(28(29)30)21(19-22)20-32(27,23-11-5-2-6-12-23,24-13-7-3-8-14-24)25-15-9-4-10-16-25/h2-19H,20H2,1H3. The fourth-order valence-electron chi connectivity index (χ4n) is 4.25. The van der Waals surface area contributed by atoms with Crippen molar-refractivity contribution in [3.63, 3.8) is 0 Å². The maximum atomic E-state index is 12.0. The Kier molecular flexibility index (Phi) is 6.14. The molecule has 0 amide bonds. The SMILES string of the molecule is COc1ccc([N+](=O)[O-])c(CP(Br)(c2ccccc2)(c2ccccc2)c2ccccc2)c1. The van der Waals surface area contributed by atoms with Crippen LogP contribution >= 0.6 is 20.8 Å². The van der Waals surface area contributed by atoms with Gasteiger partial charge in [0.15, 0.2) is 0 Å². The summed E-state index contributed by atoms with van der Waals surface area (Å²) in [6.45, 7) is 0. The van der Waals surface area contributed by atoms with Crippen LogP contribution in [0.15, 0.2) is 109 Å². The average Bonchev–Trinajstić information content (AvgIpc) is 2.85. The van der Waals surface area contributed by atoms with Gasteiger partial charge >= 0.3 is 196 Å². The van der Waals surface area contributed by atoms with Crippen molar-refractivity contribution in [1.29, 1.82) is 0 Å². The van der Waals surface area contributed by atoms with Gasteiger partial charge in [0.1, 0.15) is 0 Å². The molecule has 0 aliphatic carbocycles. The zero-order chi connectivity index (χ0) is 22.6. The first-order valence-corrected chi connectivity index (χ1v) is 14.6. The van der Waals surface area contributed by atoms with E-state index >= 15 is 0 Å². The molecule has 0 saturated heterocycles. The molecule has 162 valence electrons. The first-order valence-electron chi connectivity index (χ1n) is 10.2. The second-order valence-electron chi connectivity index (χ2n) is 7.60. The number of rotatable bonds is 7. The van der Waals surface area contributed by atoms with E-state index in [1.165, 1.54) is 6.07 Å². The maximum absolute atomic E-state index is 12.0. The van der Waals surface area contributed by atoms with Gasteiger partial charge in [-0.1, -0.05) is 0 Å². The number of benzene rings is 4. The van der Waals surface area contributed by atoms with Crippen molar-refractivity contribution in [2.24, 2.45) is 0 Å². The van der Waals surface area contributed by atoms with Gasteiger partial charge in [0.25, 0.3) is 0 Å². The second-order valence-corrected chi connectivity index (χ2v) is 16.5. The van der Waals surface area contributed by atoms with E-state index in [1.54, 1.807) is 19.2 Å². The van der Waals surface area contributed by atoms with E-state index in [1.807, 2.05) is 54.6 Å². The summed E-state index contributed by atoms with van der Waals surface area (Å²) in [4.78, 5) is 11.7. The summed E-state index contributed by atoms with van der Waals surface area (Å²) < 4.78 is 5.43. The zero-order valence-electron chi connectivity index (χ0n) is 17.6. The van der Waals surface area contributed by atoms with Gasteiger partial charge in [-0.15, -0.1) is 0 Å². The molecule has 0 bridgehead atoms. The molecule has 0 fully saturated rings. The predicted octanol–water partition coefficient (Wildman–Crippen LogP) is 5.94. The van der Waals surface area contributed by atoms with Crippen LogP contribution in [-0.4, -0.2) is 12.0 Å². The molecule has 4 rings (SSSR count). The van der Waals surface area contributed by atoms with Crippen LogP contribution in [0.5, 0.6) is 5.75 Å². The van der Waals surface area contributed by atoms with Crippen LogP contribution in [0.1, 0.15) is 5.56 Å². The van der Waals surface area contributed by atoms with Crippen molar-refractivity contribution in [2.75, 3.05) is 7.11 Å². The van der Waals surface area contributed by atoms with Crippen LogP contribution in [0, 0.1) is 10.1 Å². The summed E-state index contributed by atoms with van der Waals surface area (Å²) >= 11 is 4.35. The van der Waals surface area contributed by atoms with Gasteiger partial charge < -0.3 is 0 Å². The third-order valence-electron chi connectivity index (χ3n) is 5.83. The Morgan fingerprint density at radius 2 is 1.22 bits per heavy atom. The van der Waals surface area contributed by atoms with Crippen molar-refractivity contribution in [1.82, 2.24) is 0 Å². The van der Waals surface area contributed by atoms with Crippen molar-refractivity contribution >= 4 is 42.4 Å². The van der Waals surface area contributed by atoms with Gasteiger partial charge in [0.05, 0.1) is 0 Å². The van der Waals surface area contributed by atoms with E-state index in [4.69, 9.17) is 4.74 Å². The minimum absolute atomic E-state index is 0.0852. The molecular formula is C26H23BrNO3P. The van der Waals surface area contributed by atoms with Gasteiger partial charge in [-0.2, -0.15) is 0 Å². The number of hydrogen-bond donors (Lipinski definition) is 0. The predicted molar refractivity (Wildman–Crippen MR) is 137 cm³/mol. The average molecular weight is 508 g/mol. The molecule has 0 heterocycles. The molecule has 4 aromatic rings. The Labute approximate surface area is 195 Å². The Balaban J connectivity index is 2.12. The molecule has 32 heavy (non-hydrogen) atoms. The topological polar surface area (TPSA) is 52.4 Å². The van der Waals surface area contributed by atoms with Crippen molar-refractivity contribution in [2.45, 2.75) is 6.16 Å². The molecule has 4 aromatic carbocycles. The monoisotopic (exact) mass is 507 g/mol. The molecule has 0 aromatic heterocycles. The summed E-state index contributed by atoms with van der Waals surface area (Å²) in [6, 6.07) is 35.7. The Morgan fingerprint density at radius 3 is 1.59 bits per heavy atom. The number of methoxy groups -OCH3 is 1. The van der Waals surface area contributed by atoms with Gasteiger partial charge in [-0.25, -0.2) is 0 Å². The van der Waals surface area contributed by atoms with Gasteiger partial charge in [-0.05, 0) is 0 Å². The zero-order valence-corrected chi connectivity index (χ0v) is 20.1. The summed E-state index contributed by atoms with van der Waals surface area (Å²) in [5.74, 6) is 0.595. The molecule has 4 nitrogen and oxygen atoms in total. The fraction of sp³-hybridized carbons (Fsp3) is 0.0769. The number of nitro groups is 1. The van der Waals surface area contributed by atoms with E-state index in [9.17, 15) is 10.1 Å². The Morgan fingerprint density at radius 1 is 0.781 bits per heavy atom. The quantitative estimate of drug-likeness (QED) is 0.176. The first kappa shape index (κ1) is 22.2. The molecule has 0 saturated carbocycles. The molecule has 0 spiro atoms. The van der Waals surface area contributed by atoms with E-state index in [2.05, 4.69) is 51.9 Å². The molecule has 0 atom stereocenters. The van der Waals surface area contributed by atoms with Crippen LogP contribution < -0.4 is 20.7 Å². The van der Waals surface area contributed by atoms with Crippen LogP contribution in [0.25, 0.3) is 0 Å². The molecule has 0 radical (unpaired) electrons. The summed E-state index contributed by atoms with van der Waals surface area (Å²) in [7, 11) is 1.57. The summed E-state index contributed by atoms with van der Waals surface area (Å²) in [5, 5.41) is 12.0. The van der Waals surface area contributed by atoms with Crippen LogP contribution in [0.2, 0.25) is 0 Å². The number of nitro benzene ring substituents is 1. The van der Waals surface area contributed by atoms with E-state index < -0.39 is 5.31 Å². The van der Waals surface area contributed by atoms with Gasteiger partial charge in [0, 0.05) is 0 Å². The number of ether oxygens (including phenoxy) is 1. The van der Waals surface area contributed by atoms with Crippen molar-refractivity contribution in [3.05, 3.63) is 125 Å². The summed E-state index contributed by atoms with van der Waals surface area (Å²) in [5.41, 5.74) is 0.711. The number of hydrogen-bond acceptors (Lipinski definition) is 3. The Bertz CT molecular complexity index is 1130. The number of halogens is 1. The number of nitrogens with zero attached hydrogens (tertiary/aromatic N) is 1. The molecule has 0 unspecified atom stereocenters. The normalized spacial score (nSPS) is 12.5. The van der Waals surface area contributed by atoms with Crippen molar-refractivity contribution < 1.29 is 9.66 Å². The van der Waals surface area contributed by atoms with Crippen LogP contribution in [0.4, 0.5) is 5.69 Å². The molecule has 0 N–H and O–H groups in total. The third-order valence-corrected chi connectivity index (χ3v) is 15.3. The second kappa shape index (κ2) is 8.85. The van der Waals surface area contributed by atoms with Crippen LogP contribution in [0.3, 0.4) is 0 Å². The molecule has 6 heteroatoms. The van der Waals surface area contributed by atoms with Gasteiger partial charge in [-0.3, -0.25) is 0 Å². The molecule has 0 aliphatic rings. The third kappa shape index (κ3) is 3.72. The van der Waals surface area contributed by atoms with Crippen LogP contribution in [-0.2, 0) is 6.16 Å². The van der Waals surface area contributed by atoms with E-state index in [0.29, 0.717) is 17.5 Å². The summed E-state index contributed by atoms with van der Waals surface area (Å²) in [6.07, 6.45) is 0.428. The van der Waals surface area contributed by atoms with Crippen molar-refractivity contribution in [3.8, 4) is 5.75 Å². The fourth-order valence-corrected chi connectivity index (χ4v) is 11.9. The molecule has 0 aliphatic heterocycles. The molecular weight excluding hydrogens is 485 g/mol. The van der Waals surface area contributed by atoms with Gasteiger partial charge in [0.2, 0.25) is 0 Å².